The van der Waals surface area contributed by atoms with Crippen molar-refractivity contribution in [3.8, 4) is 5.75 Å². The van der Waals surface area contributed by atoms with Gasteiger partial charge in [-0.25, -0.2) is 9.79 Å². The molecule has 4 aromatic rings. The highest BCUT2D eigenvalue weighted by molar-refractivity contribution is 9.10. The summed E-state index contributed by atoms with van der Waals surface area (Å²) in [5, 5.41) is 0. The SMILES string of the molecule is CCOC(=O)C1=C(c2ccccc2)N=c2s/c(=C3/C(=O)N(C)c4ccc(Br)cc43)c(=O)n2[C@H]1c1cc(Br)ccc1OC. The number of likely N-dealkylation sites (N-methyl/N-ethyl adjacent to an activating group) is 1. The van der Waals surface area contributed by atoms with Crippen LogP contribution < -0.4 is 24.5 Å². The third kappa shape index (κ3) is 4.56. The van der Waals surface area contributed by atoms with E-state index in [4.69, 9.17) is 14.5 Å². The normalized spacial score (nSPS) is 17.1. The molecular weight excluding hydrogens is 686 g/mol. The van der Waals surface area contributed by atoms with Crippen LogP contribution in [0.2, 0.25) is 0 Å². The summed E-state index contributed by atoms with van der Waals surface area (Å²) in [5.74, 6) is -0.419. The number of hydrogen-bond acceptors (Lipinski definition) is 7. The van der Waals surface area contributed by atoms with Gasteiger partial charge < -0.3 is 14.4 Å². The van der Waals surface area contributed by atoms with Crippen molar-refractivity contribution < 1.29 is 19.1 Å². The van der Waals surface area contributed by atoms with Crippen molar-refractivity contribution in [2.75, 3.05) is 25.7 Å². The summed E-state index contributed by atoms with van der Waals surface area (Å²) in [6.45, 7) is 1.86. The largest absolute Gasteiger partial charge is 0.496 e. The first kappa shape index (κ1) is 28.3. The summed E-state index contributed by atoms with van der Waals surface area (Å²) in [5.41, 5.74) is 3.03. The van der Waals surface area contributed by atoms with E-state index in [2.05, 4.69) is 31.9 Å². The van der Waals surface area contributed by atoms with Crippen molar-refractivity contribution in [1.29, 1.82) is 0 Å². The Balaban J connectivity index is 1.76. The van der Waals surface area contributed by atoms with Crippen LogP contribution in [0.3, 0.4) is 0 Å². The topological polar surface area (TPSA) is 90.2 Å². The van der Waals surface area contributed by atoms with E-state index >= 15 is 0 Å². The van der Waals surface area contributed by atoms with Gasteiger partial charge in [0, 0.05) is 32.7 Å². The Hall–Kier alpha value is -3.80. The van der Waals surface area contributed by atoms with E-state index in [-0.39, 0.29) is 22.6 Å². The molecule has 3 aromatic carbocycles. The number of carbonyl (C=O) groups is 2. The Labute approximate surface area is 261 Å². The predicted molar refractivity (Wildman–Crippen MR) is 168 cm³/mol. The molecule has 1 aromatic heterocycles. The first-order valence-electron chi connectivity index (χ1n) is 13.0. The summed E-state index contributed by atoms with van der Waals surface area (Å²) in [4.78, 5) is 48.6. The molecule has 8 nitrogen and oxygen atoms in total. The summed E-state index contributed by atoms with van der Waals surface area (Å²) in [6.07, 6.45) is 0. The second kappa shape index (κ2) is 11.1. The molecule has 2 aliphatic heterocycles. The molecule has 6 rings (SSSR count). The first-order chi connectivity index (χ1) is 20.2. The number of benzene rings is 3. The lowest BCUT2D eigenvalue weighted by atomic mass is 9.92. The van der Waals surface area contributed by atoms with Crippen molar-refractivity contribution in [2.45, 2.75) is 13.0 Å². The minimum Gasteiger partial charge on any atom is -0.496 e. The van der Waals surface area contributed by atoms with Gasteiger partial charge in [0.2, 0.25) is 0 Å². The van der Waals surface area contributed by atoms with Gasteiger partial charge in [-0.3, -0.25) is 14.2 Å². The van der Waals surface area contributed by atoms with Gasteiger partial charge in [0.1, 0.15) is 16.3 Å². The molecule has 212 valence electrons. The lowest BCUT2D eigenvalue weighted by Gasteiger charge is -2.27. The Kier molecular flexibility index (Phi) is 7.50. The number of esters is 1. The predicted octanol–water partition coefficient (Wildman–Crippen LogP) is 4.82. The van der Waals surface area contributed by atoms with Crippen molar-refractivity contribution in [3.63, 3.8) is 0 Å². The van der Waals surface area contributed by atoms with Crippen LogP contribution >= 0.6 is 43.2 Å². The van der Waals surface area contributed by atoms with Crippen LogP contribution in [0.4, 0.5) is 5.69 Å². The first-order valence-corrected chi connectivity index (χ1v) is 15.4. The number of amides is 1. The number of anilines is 1. The van der Waals surface area contributed by atoms with Crippen LogP contribution in [0.5, 0.6) is 5.75 Å². The number of thiazole rings is 1. The molecule has 0 saturated carbocycles. The number of halogens is 2. The molecule has 42 heavy (non-hydrogen) atoms. The zero-order valence-electron chi connectivity index (χ0n) is 22.7. The quantitative estimate of drug-likeness (QED) is 0.278. The van der Waals surface area contributed by atoms with Gasteiger partial charge in [0.25, 0.3) is 11.5 Å². The monoisotopic (exact) mass is 707 g/mol. The standard InChI is InChI=1S/C31H23Br2N3O5S/c1-4-41-30(39)24-25(16-8-6-5-7-9-16)34-31-36(26(24)20-15-18(33)11-13-22(20)40-3)29(38)27(42-31)23-19-14-17(32)10-12-21(19)35(2)28(23)37/h5-15,26H,4H2,1-3H3/b27-23+/t26-/m0/s1. The summed E-state index contributed by atoms with van der Waals surface area (Å²) < 4.78 is 14.5. The number of methoxy groups -OCH3 is 1. The Morgan fingerprint density at radius 3 is 2.45 bits per heavy atom. The van der Waals surface area contributed by atoms with E-state index in [0.717, 1.165) is 20.3 Å². The molecular formula is C31H23Br2N3O5S. The van der Waals surface area contributed by atoms with Gasteiger partial charge in [-0.1, -0.05) is 73.5 Å². The maximum atomic E-state index is 14.5. The zero-order chi connectivity index (χ0) is 29.7. The van der Waals surface area contributed by atoms with Gasteiger partial charge in [0.15, 0.2) is 4.80 Å². The van der Waals surface area contributed by atoms with E-state index in [1.807, 2.05) is 60.7 Å². The minimum absolute atomic E-state index is 0.133. The average molecular weight is 709 g/mol. The third-order valence-corrected chi connectivity index (χ3v) is 9.21. The maximum absolute atomic E-state index is 14.5. The van der Waals surface area contributed by atoms with Gasteiger partial charge in [-0.15, -0.1) is 0 Å². The second-order valence-corrected chi connectivity index (χ2v) is 12.3. The molecule has 0 N–H and O–H groups in total. The molecule has 0 bridgehead atoms. The molecule has 11 heteroatoms. The van der Waals surface area contributed by atoms with Crippen molar-refractivity contribution in [2.24, 2.45) is 4.99 Å². The van der Waals surface area contributed by atoms with Crippen LogP contribution in [0.25, 0.3) is 11.3 Å². The lowest BCUT2D eigenvalue weighted by molar-refractivity contribution is -0.138. The van der Waals surface area contributed by atoms with Gasteiger partial charge >= 0.3 is 5.97 Å². The fraction of sp³-hybridized carbons (Fsp3) is 0.161. The molecule has 3 heterocycles. The molecule has 0 radical (unpaired) electrons. The number of aromatic nitrogens is 1. The molecule has 0 saturated heterocycles. The van der Waals surface area contributed by atoms with E-state index in [1.165, 1.54) is 16.6 Å². The van der Waals surface area contributed by atoms with Crippen LogP contribution in [-0.4, -0.2) is 37.2 Å². The van der Waals surface area contributed by atoms with E-state index in [9.17, 15) is 14.4 Å². The molecule has 1 amide bonds. The van der Waals surface area contributed by atoms with Crippen molar-refractivity contribution >= 4 is 72.0 Å². The molecule has 1 atom stereocenters. The van der Waals surface area contributed by atoms with Crippen LogP contribution in [0, 0.1) is 0 Å². The molecule has 0 spiro atoms. The average Bonchev–Trinajstić information content (AvgIpc) is 3.43. The number of ether oxygens (including phenoxy) is 2. The highest BCUT2D eigenvalue weighted by Gasteiger charge is 2.38. The van der Waals surface area contributed by atoms with E-state index < -0.39 is 17.6 Å². The van der Waals surface area contributed by atoms with E-state index in [0.29, 0.717) is 44.2 Å². The number of hydrogen-bond donors (Lipinski definition) is 0. The van der Waals surface area contributed by atoms with Crippen molar-refractivity contribution in [1.82, 2.24) is 4.57 Å². The van der Waals surface area contributed by atoms with Gasteiger partial charge in [-0.2, -0.15) is 0 Å². The third-order valence-electron chi connectivity index (χ3n) is 7.17. The number of carbonyl (C=O) groups excluding carboxylic acids is 2. The van der Waals surface area contributed by atoms with Crippen LogP contribution in [-0.2, 0) is 14.3 Å². The highest BCUT2D eigenvalue weighted by atomic mass is 79.9. The molecule has 0 fully saturated rings. The Morgan fingerprint density at radius 2 is 1.74 bits per heavy atom. The zero-order valence-corrected chi connectivity index (χ0v) is 26.7. The van der Waals surface area contributed by atoms with Gasteiger partial charge in [0.05, 0.1) is 36.2 Å². The number of fused-ring (bicyclic) bond motifs is 2. The lowest BCUT2D eigenvalue weighted by Crippen LogP contribution is -2.41. The van der Waals surface area contributed by atoms with Crippen LogP contribution in [0.1, 0.15) is 29.7 Å². The number of nitrogens with zero attached hydrogens (tertiary/aromatic N) is 3. The fourth-order valence-corrected chi connectivity index (χ4v) is 7.15. The Morgan fingerprint density at radius 1 is 1.02 bits per heavy atom. The molecule has 2 aliphatic rings. The minimum atomic E-state index is -0.950. The maximum Gasteiger partial charge on any atom is 0.338 e. The highest BCUT2D eigenvalue weighted by Crippen LogP contribution is 2.40. The summed E-state index contributed by atoms with van der Waals surface area (Å²) >= 11 is 8.16. The molecule has 0 aliphatic carbocycles. The van der Waals surface area contributed by atoms with E-state index in [1.54, 1.807) is 20.0 Å². The van der Waals surface area contributed by atoms with Gasteiger partial charge in [-0.05, 0) is 43.3 Å². The fourth-order valence-electron chi connectivity index (χ4n) is 5.32. The number of rotatable bonds is 5. The van der Waals surface area contributed by atoms with Crippen LogP contribution in [0.15, 0.2) is 91.0 Å². The van der Waals surface area contributed by atoms with Crippen molar-refractivity contribution in [3.05, 3.63) is 118 Å². The Bertz CT molecular complexity index is 2000. The summed E-state index contributed by atoms with van der Waals surface area (Å²) in [7, 11) is 3.22. The summed E-state index contributed by atoms with van der Waals surface area (Å²) in [6, 6.07) is 19.3. The molecule has 0 unspecified atom stereocenters. The smallest absolute Gasteiger partial charge is 0.338 e. The second-order valence-electron chi connectivity index (χ2n) is 9.54.